The molecule has 0 heterocycles. The molecule has 0 unspecified atom stereocenters. The molecule has 0 spiro atoms. The van der Waals surface area contributed by atoms with Crippen LogP contribution in [0.25, 0.3) is 0 Å². The highest BCUT2D eigenvalue weighted by molar-refractivity contribution is 6.31. The summed E-state index contributed by atoms with van der Waals surface area (Å²) in [5.74, 6) is -0.504. The van der Waals surface area contributed by atoms with Gasteiger partial charge in [-0.1, -0.05) is 41.4 Å². The minimum atomic E-state index is -0.504. The average Bonchev–Trinajstić information content (AvgIpc) is 2.32. The number of nitrogens with two attached hydrogens (primary N) is 1. The van der Waals surface area contributed by atoms with Crippen molar-refractivity contribution >= 4 is 23.0 Å². The third kappa shape index (κ3) is 2.93. The summed E-state index contributed by atoms with van der Waals surface area (Å²) < 4.78 is 13.1. The van der Waals surface area contributed by atoms with E-state index in [1.807, 2.05) is 25.1 Å². The monoisotopic (exact) mass is 264 g/mol. The molecule has 0 aliphatic rings. The van der Waals surface area contributed by atoms with Crippen LogP contribution < -0.4 is 11.1 Å². The van der Waals surface area contributed by atoms with Gasteiger partial charge in [0.1, 0.15) is 5.82 Å². The zero-order valence-corrected chi connectivity index (χ0v) is 10.8. The molecule has 0 bridgehead atoms. The van der Waals surface area contributed by atoms with Gasteiger partial charge in [0.2, 0.25) is 0 Å². The number of nitrogens with one attached hydrogen (secondary N) is 1. The molecule has 3 N–H and O–H groups in total. The van der Waals surface area contributed by atoms with E-state index in [4.69, 9.17) is 17.3 Å². The van der Waals surface area contributed by atoms with Crippen molar-refractivity contribution in [1.29, 1.82) is 0 Å². The topological polar surface area (TPSA) is 38.0 Å². The largest absolute Gasteiger partial charge is 0.397 e. The van der Waals surface area contributed by atoms with E-state index in [1.54, 1.807) is 0 Å². The summed E-state index contributed by atoms with van der Waals surface area (Å²) in [4.78, 5) is 0. The molecule has 0 atom stereocenters. The lowest BCUT2D eigenvalue weighted by Crippen LogP contribution is -2.03. The Bertz CT molecular complexity index is 570. The van der Waals surface area contributed by atoms with Crippen LogP contribution in [0.1, 0.15) is 11.1 Å². The summed E-state index contributed by atoms with van der Waals surface area (Å²) in [5, 5.41) is 3.21. The van der Waals surface area contributed by atoms with E-state index in [-0.39, 0.29) is 5.02 Å². The molecule has 0 radical (unpaired) electrons. The van der Waals surface area contributed by atoms with Crippen LogP contribution in [0.15, 0.2) is 36.4 Å². The molecule has 0 aliphatic heterocycles. The van der Waals surface area contributed by atoms with Gasteiger partial charge in [-0.25, -0.2) is 4.39 Å². The Morgan fingerprint density at radius 1 is 1.28 bits per heavy atom. The number of aryl methyl sites for hydroxylation is 1. The lowest BCUT2D eigenvalue weighted by molar-refractivity contribution is 0.629. The molecule has 4 heteroatoms. The second kappa shape index (κ2) is 5.27. The van der Waals surface area contributed by atoms with Gasteiger partial charge in [-0.3, -0.25) is 0 Å². The minimum Gasteiger partial charge on any atom is -0.397 e. The molecule has 0 fully saturated rings. The van der Waals surface area contributed by atoms with E-state index in [1.165, 1.54) is 17.7 Å². The number of hydrogen-bond acceptors (Lipinski definition) is 2. The molecule has 2 aromatic rings. The molecular weight excluding hydrogens is 251 g/mol. The second-order valence-electron chi connectivity index (χ2n) is 4.20. The predicted molar refractivity (Wildman–Crippen MR) is 74.3 cm³/mol. The normalized spacial score (nSPS) is 10.4. The van der Waals surface area contributed by atoms with E-state index in [2.05, 4.69) is 11.4 Å². The Labute approximate surface area is 111 Å². The Morgan fingerprint density at radius 3 is 2.78 bits per heavy atom. The summed E-state index contributed by atoms with van der Waals surface area (Å²) in [6.45, 7) is 2.65. The van der Waals surface area contributed by atoms with Crippen molar-refractivity contribution in [1.82, 2.24) is 0 Å². The predicted octanol–water partition coefficient (Wildman–Crippen LogP) is 3.98. The average molecular weight is 265 g/mol. The van der Waals surface area contributed by atoms with Crippen molar-refractivity contribution in [2.45, 2.75) is 13.5 Å². The van der Waals surface area contributed by atoms with Crippen molar-refractivity contribution in [3.8, 4) is 0 Å². The maximum absolute atomic E-state index is 13.1. The van der Waals surface area contributed by atoms with Crippen molar-refractivity contribution in [3.05, 3.63) is 58.4 Å². The highest BCUT2D eigenvalue weighted by Gasteiger charge is 2.05. The van der Waals surface area contributed by atoms with Gasteiger partial charge in [0.15, 0.2) is 0 Å². The van der Waals surface area contributed by atoms with Gasteiger partial charge >= 0.3 is 0 Å². The molecule has 0 saturated heterocycles. The first-order chi connectivity index (χ1) is 8.56. The van der Waals surface area contributed by atoms with Crippen LogP contribution in [0, 0.1) is 12.7 Å². The van der Waals surface area contributed by atoms with Gasteiger partial charge in [0.05, 0.1) is 16.4 Å². The van der Waals surface area contributed by atoms with Crippen LogP contribution in [0.5, 0.6) is 0 Å². The van der Waals surface area contributed by atoms with Crippen LogP contribution in [-0.2, 0) is 6.54 Å². The Kier molecular flexibility index (Phi) is 3.72. The van der Waals surface area contributed by atoms with Crippen LogP contribution in [0.3, 0.4) is 0 Å². The number of anilines is 2. The van der Waals surface area contributed by atoms with Gasteiger partial charge < -0.3 is 11.1 Å². The van der Waals surface area contributed by atoms with E-state index in [0.29, 0.717) is 17.9 Å². The maximum Gasteiger partial charge on any atom is 0.143 e. The number of benzene rings is 2. The first-order valence-corrected chi connectivity index (χ1v) is 5.98. The molecular formula is C14H14ClFN2. The van der Waals surface area contributed by atoms with E-state index < -0.39 is 5.82 Å². The zero-order chi connectivity index (χ0) is 13.1. The Hall–Kier alpha value is -1.74. The minimum absolute atomic E-state index is 0.0657. The second-order valence-corrected chi connectivity index (χ2v) is 4.60. The molecule has 2 rings (SSSR count). The van der Waals surface area contributed by atoms with Crippen molar-refractivity contribution in [3.63, 3.8) is 0 Å². The van der Waals surface area contributed by atoms with Gasteiger partial charge in [0.25, 0.3) is 0 Å². The summed E-state index contributed by atoms with van der Waals surface area (Å²) in [7, 11) is 0. The van der Waals surface area contributed by atoms with E-state index >= 15 is 0 Å². The lowest BCUT2D eigenvalue weighted by atomic mass is 10.1. The third-order valence-electron chi connectivity index (χ3n) is 2.66. The highest BCUT2D eigenvalue weighted by Crippen LogP contribution is 2.26. The standard InChI is InChI=1S/C14H14ClFN2/c1-9-3-2-4-10(5-9)8-18-14-6-11(15)12(16)7-13(14)17/h2-7,18H,8,17H2,1H3. The van der Waals surface area contributed by atoms with Crippen molar-refractivity contribution < 1.29 is 4.39 Å². The van der Waals surface area contributed by atoms with Crippen LogP contribution in [-0.4, -0.2) is 0 Å². The number of hydrogen-bond donors (Lipinski definition) is 2. The highest BCUT2D eigenvalue weighted by atomic mass is 35.5. The molecule has 2 aromatic carbocycles. The fraction of sp³-hybridized carbons (Fsp3) is 0.143. The van der Waals surface area contributed by atoms with Crippen LogP contribution in [0.2, 0.25) is 5.02 Å². The van der Waals surface area contributed by atoms with Crippen molar-refractivity contribution in [2.24, 2.45) is 0 Å². The van der Waals surface area contributed by atoms with Gasteiger partial charge in [-0.2, -0.15) is 0 Å². The molecule has 2 nitrogen and oxygen atoms in total. The zero-order valence-electron chi connectivity index (χ0n) is 10.0. The SMILES string of the molecule is Cc1cccc(CNc2cc(Cl)c(F)cc2N)c1. The van der Waals surface area contributed by atoms with Crippen LogP contribution >= 0.6 is 11.6 Å². The molecule has 0 aromatic heterocycles. The lowest BCUT2D eigenvalue weighted by Gasteiger charge is -2.10. The van der Waals surface area contributed by atoms with Gasteiger partial charge in [-0.15, -0.1) is 0 Å². The van der Waals surface area contributed by atoms with Gasteiger partial charge in [0, 0.05) is 12.6 Å². The van der Waals surface area contributed by atoms with Gasteiger partial charge in [-0.05, 0) is 18.6 Å². The summed E-state index contributed by atoms with van der Waals surface area (Å²) in [6.07, 6.45) is 0. The molecule has 0 amide bonds. The first-order valence-electron chi connectivity index (χ1n) is 5.60. The Morgan fingerprint density at radius 2 is 2.06 bits per heavy atom. The number of nitrogen functional groups attached to an aromatic ring is 1. The fourth-order valence-electron chi connectivity index (χ4n) is 1.73. The summed E-state index contributed by atoms with van der Waals surface area (Å²) in [5.41, 5.74) is 9.04. The maximum atomic E-state index is 13.1. The van der Waals surface area contributed by atoms with E-state index in [9.17, 15) is 4.39 Å². The molecule has 18 heavy (non-hydrogen) atoms. The fourth-order valence-corrected chi connectivity index (χ4v) is 1.90. The molecule has 94 valence electrons. The quantitative estimate of drug-likeness (QED) is 0.823. The summed E-state index contributed by atoms with van der Waals surface area (Å²) in [6, 6.07) is 10.8. The third-order valence-corrected chi connectivity index (χ3v) is 2.95. The number of halogens is 2. The molecule has 0 saturated carbocycles. The van der Waals surface area contributed by atoms with Crippen molar-refractivity contribution in [2.75, 3.05) is 11.1 Å². The Balaban J connectivity index is 2.13. The summed E-state index contributed by atoms with van der Waals surface area (Å²) >= 11 is 5.72. The van der Waals surface area contributed by atoms with Crippen LogP contribution in [0.4, 0.5) is 15.8 Å². The molecule has 0 aliphatic carbocycles. The van der Waals surface area contributed by atoms with E-state index in [0.717, 1.165) is 5.56 Å². The number of rotatable bonds is 3. The first kappa shape index (κ1) is 12.7. The smallest absolute Gasteiger partial charge is 0.143 e.